The van der Waals surface area contributed by atoms with Crippen molar-refractivity contribution >= 4 is 41.5 Å². The third kappa shape index (κ3) is 9.77. The molecule has 0 saturated heterocycles. The molecule has 0 spiro atoms. The monoisotopic (exact) mass is 516 g/mol. The van der Waals surface area contributed by atoms with Gasteiger partial charge in [-0.25, -0.2) is 0 Å². The van der Waals surface area contributed by atoms with Crippen LogP contribution in [0.25, 0.3) is 0 Å². The molecule has 1 aromatic heterocycles. The molecular weight excluding hydrogens is 487 g/mol. The molecule has 0 fully saturated rings. The number of rotatable bonds is 11. The van der Waals surface area contributed by atoms with Crippen molar-refractivity contribution in [3.05, 3.63) is 54.0 Å². The molecule has 1 aromatic carbocycles. The Balaban J connectivity index is 0.00000420. The Morgan fingerprint density at radius 1 is 1.10 bits per heavy atom. The smallest absolute Gasteiger partial charge is 0.291 e. The fourth-order valence-corrected chi connectivity index (χ4v) is 2.34. The van der Waals surface area contributed by atoms with E-state index in [0.29, 0.717) is 32.1 Å². The first-order chi connectivity index (χ1) is 13.7. The number of aliphatic imine (C=N–C) groups is 1. The molecule has 9 heteroatoms. The van der Waals surface area contributed by atoms with Gasteiger partial charge in [0, 0.05) is 39.5 Å². The summed E-state index contributed by atoms with van der Waals surface area (Å²) in [6.07, 6.45) is 2.35. The summed E-state index contributed by atoms with van der Waals surface area (Å²) in [6, 6.07) is 10.9. The van der Waals surface area contributed by atoms with E-state index >= 15 is 0 Å². The van der Waals surface area contributed by atoms with Gasteiger partial charge in [-0.05, 0) is 36.2 Å². The highest BCUT2D eigenvalue weighted by Gasteiger charge is 2.08. The lowest BCUT2D eigenvalue weighted by atomic mass is 10.2. The van der Waals surface area contributed by atoms with Crippen LogP contribution in [0.3, 0.4) is 0 Å². The summed E-state index contributed by atoms with van der Waals surface area (Å²) in [4.78, 5) is 16.2. The minimum atomic E-state index is -0.272. The van der Waals surface area contributed by atoms with Gasteiger partial charge in [-0.15, -0.1) is 24.0 Å². The van der Waals surface area contributed by atoms with Crippen LogP contribution in [0.1, 0.15) is 22.5 Å². The average Bonchev–Trinajstić information content (AvgIpc) is 3.26. The van der Waals surface area contributed by atoms with Gasteiger partial charge in [-0.1, -0.05) is 12.1 Å². The van der Waals surface area contributed by atoms with Crippen LogP contribution in [0, 0.1) is 0 Å². The molecule has 0 bridgehead atoms. The van der Waals surface area contributed by atoms with E-state index < -0.39 is 0 Å². The van der Waals surface area contributed by atoms with Crippen LogP contribution in [0.15, 0.2) is 52.1 Å². The molecule has 1 heterocycles. The number of nitrogens with one attached hydrogen (secondary N) is 3. The number of hydrogen-bond donors (Lipinski definition) is 3. The quantitative estimate of drug-likeness (QED) is 0.184. The van der Waals surface area contributed by atoms with E-state index in [1.807, 2.05) is 24.3 Å². The molecule has 0 aliphatic heterocycles. The first-order valence-electron chi connectivity index (χ1n) is 9.18. The molecular formula is C20H29IN4O4. The van der Waals surface area contributed by atoms with Gasteiger partial charge in [0.1, 0.15) is 0 Å². The summed E-state index contributed by atoms with van der Waals surface area (Å²) in [7, 11) is 3.39. The van der Waals surface area contributed by atoms with Gasteiger partial charge in [0.05, 0.1) is 19.5 Å². The third-order valence-electron chi connectivity index (χ3n) is 3.83. The normalized spacial score (nSPS) is 10.9. The maximum absolute atomic E-state index is 12.0. The summed E-state index contributed by atoms with van der Waals surface area (Å²) in [5.74, 6) is 0.739. The Morgan fingerprint density at radius 2 is 1.90 bits per heavy atom. The van der Waals surface area contributed by atoms with Crippen LogP contribution >= 0.6 is 24.0 Å². The lowest BCUT2D eigenvalue weighted by Gasteiger charge is -2.12. The van der Waals surface area contributed by atoms with Gasteiger partial charge in [-0.3, -0.25) is 9.79 Å². The molecule has 160 valence electrons. The number of nitrogens with zero attached hydrogens (tertiary/aromatic N) is 1. The van der Waals surface area contributed by atoms with Crippen LogP contribution in [-0.4, -0.2) is 52.4 Å². The first-order valence-corrected chi connectivity index (χ1v) is 9.18. The Hall–Kier alpha value is -2.11. The van der Waals surface area contributed by atoms with Gasteiger partial charge < -0.3 is 29.8 Å². The van der Waals surface area contributed by atoms with Crippen molar-refractivity contribution in [3.8, 4) is 0 Å². The van der Waals surface area contributed by atoms with Gasteiger partial charge in [0.2, 0.25) is 0 Å². The fourth-order valence-electron chi connectivity index (χ4n) is 2.34. The van der Waals surface area contributed by atoms with E-state index in [4.69, 9.17) is 13.9 Å². The van der Waals surface area contributed by atoms with Crippen LogP contribution < -0.4 is 16.0 Å². The number of carbonyl (C=O) groups excluding carboxylic acids is 1. The minimum absolute atomic E-state index is 0. The predicted octanol–water partition coefficient (Wildman–Crippen LogP) is 2.87. The van der Waals surface area contributed by atoms with Crippen LogP contribution in [0.2, 0.25) is 0 Å². The van der Waals surface area contributed by atoms with E-state index in [-0.39, 0.29) is 35.6 Å². The second-order valence-electron chi connectivity index (χ2n) is 5.94. The van der Waals surface area contributed by atoms with Gasteiger partial charge in [0.25, 0.3) is 5.91 Å². The summed E-state index contributed by atoms with van der Waals surface area (Å²) >= 11 is 0. The van der Waals surface area contributed by atoms with Crippen LogP contribution in [0.5, 0.6) is 0 Å². The van der Waals surface area contributed by atoms with Crippen molar-refractivity contribution in [2.24, 2.45) is 4.99 Å². The Morgan fingerprint density at radius 3 is 2.55 bits per heavy atom. The topological polar surface area (TPSA) is 97.1 Å². The lowest BCUT2D eigenvalue weighted by Crippen LogP contribution is -2.37. The zero-order valence-corrected chi connectivity index (χ0v) is 19.1. The lowest BCUT2D eigenvalue weighted by molar-refractivity contribution is 0.0698. The van der Waals surface area contributed by atoms with Crippen molar-refractivity contribution in [1.82, 2.24) is 10.6 Å². The molecule has 1 amide bonds. The minimum Gasteiger partial charge on any atom is -0.459 e. The van der Waals surface area contributed by atoms with Gasteiger partial charge >= 0.3 is 0 Å². The van der Waals surface area contributed by atoms with Crippen molar-refractivity contribution < 1.29 is 18.7 Å². The van der Waals surface area contributed by atoms with Gasteiger partial charge in [-0.2, -0.15) is 0 Å². The first kappa shape index (κ1) is 24.9. The van der Waals surface area contributed by atoms with Crippen molar-refractivity contribution in [3.63, 3.8) is 0 Å². The third-order valence-corrected chi connectivity index (χ3v) is 3.83. The average molecular weight is 516 g/mol. The molecule has 29 heavy (non-hydrogen) atoms. The Kier molecular flexibility index (Phi) is 12.7. The fraction of sp³-hybridized carbons (Fsp3) is 0.400. The molecule has 0 saturated carbocycles. The van der Waals surface area contributed by atoms with E-state index in [1.54, 1.807) is 26.3 Å². The Labute approximate surface area is 188 Å². The molecule has 3 N–H and O–H groups in total. The number of hydrogen-bond acceptors (Lipinski definition) is 5. The van der Waals surface area contributed by atoms with Crippen molar-refractivity contribution in [2.75, 3.05) is 45.8 Å². The number of guanidine groups is 1. The maximum Gasteiger partial charge on any atom is 0.291 e. The summed E-state index contributed by atoms with van der Waals surface area (Å²) in [6.45, 7) is 3.29. The highest BCUT2D eigenvalue weighted by Crippen LogP contribution is 2.11. The Bertz CT molecular complexity index is 721. The van der Waals surface area contributed by atoms with Crippen LogP contribution in [0.4, 0.5) is 5.69 Å². The molecule has 0 atom stereocenters. The number of carbonyl (C=O) groups is 1. The standard InChI is InChI=1S/C20H28N4O4.HI/c1-21-20(22-10-4-11-27-14-13-26-2)23-15-16-6-8-17(9-7-16)24-19(25)18-5-3-12-28-18;/h3,5-9,12H,4,10-11,13-15H2,1-2H3,(H,24,25)(H2,21,22,23);1H. The zero-order chi connectivity index (χ0) is 20.0. The summed E-state index contributed by atoms with van der Waals surface area (Å²) in [5.41, 5.74) is 1.78. The predicted molar refractivity (Wildman–Crippen MR) is 124 cm³/mol. The van der Waals surface area contributed by atoms with E-state index in [0.717, 1.165) is 24.5 Å². The van der Waals surface area contributed by atoms with E-state index in [1.165, 1.54) is 6.26 Å². The SMILES string of the molecule is CN=C(NCCCOCCOC)NCc1ccc(NC(=O)c2ccco2)cc1.I. The second kappa shape index (κ2) is 14.8. The number of benzene rings is 1. The molecule has 2 rings (SSSR count). The number of methoxy groups -OCH3 is 1. The van der Waals surface area contributed by atoms with Crippen molar-refractivity contribution in [2.45, 2.75) is 13.0 Å². The number of anilines is 1. The zero-order valence-electron chi connectivity index (χ0n) is 16.8. The van der Waals surface area contributed by atoms with Crippen molar-refractivity contribution in [1.29, 1.82) is 0 Å². The maximum atomic E-state index is 12.0. The number of furan rings is 1. The number of amides is 1. The molecule has 0 radical (unpaired) electrons. The molecule has 8 nitrogen and oxygen atoms in total. The highest BCUT2D eigenvalue weighted by atomic mass is 127. The molecule has 0 unspecified atom stereocenters. The van der Waals surface area contributed by atoms with E-state index in [2.05, 4.69) is 20.9 Å². The summed E-state index contributed by atoms with van der Waals surface area (Å²) in [5, 5.41) is 9.29. The number of halogens is 1. The van der Waals surface area contributed by atoms with E-state index in [9.17, 15) is 4.79 Å². The largest absolute Gasteiger partial charge is 0.459 e. The second-order valence-corrected chi connectivity index (χ2v) is 5.94. The van der Waals surface area contributed by atoms with Gasteiger partial charge in [0.15, 0.2) is 11.7 Å². The summed E-state index contributed by atoms with van der Waals surface area (Å²) < 4.78 is 15.4. The highest BCUT2D eigenvalue weighted by molar-refractivity contribution is 14.0. The van der Waals surface area contributed by atoms with Crippen LogP contribution in [-0.2, 0) is 16.0 Å². The molecule has 0 aliphatic rings. The molecule has 2 aromatic rings. The number of ether oxygens (including phenoxy) is 2. The molecule has 0 aliphatic carbocycles.